The monoisotopic (exact) mass is 414 g/mol. The van der Waals surface area contributed by atoms with Crippen molar-refractivity contribution >= 4 is 23.2 Å². The Labute approximate surface area is 178 Å². The van der Waals surface area contributed by atoms with Crippen LogP contribution >= 0.6 is 0 Å². The number of carbonyl (C=O) groups is 1. The normalized spacial score (nSPS) is 11.2. The van der Waals surface area contributed by atoms with E-state index in [9.17, 15) is 9.18 Å². The average molecular weight is 414 g/mol. The van der Waals surface area contributed by atoms with Crippen LogP contribution in [0.25, 0.3) is 17.3 Å². The Morgan fingerprint density at radius 2 is 1.84 bits per heavy atom. The molecule has 0 radical (unpaired) electrons. The minimum Gasteiger partial charge on any atom is -0.496 e. The molecule has 154 valence electrons. The fraction of sp³-hybridized carbons (Fsp3) is 0.0417. The van der Waals surface area contributed by atoms with E-state index in [4.69, 9.17) is 4.74 Å². The summed E-state index contributed by atoms with van der Waals surface area (Å²) in [5, 5.41) is 6.70. The van der Waals surface area contributed by atoms with Gasteiger partial charge in [0.2, 0.25) is 0 Å². The van der Waals surface area contributed by atoms with Gasteiger partial charge in [0.05, 0.1) is 7.11 Å². The molecule has 0 aliphatic heterocycles. The SMILES string of the molecule is COc1ccccc1/C=C(/C(=O)Nc1ccc(-n2cncn2)c(F)c1)c1ccccc1. The van der Waals surface area contributed by atoms with Crippen LogP contribution in [0, 0.1) is 5.82 Å². The minimum absolute atomic E-state index is 0.239. The van der Waals surface area contributed by atoms with Gasteiger partial charge in [-0.25, -0.2) is 14.1 Å². The van der Waals surface area contributed by atoms with Crippen molar-refractivity contribution in [3.8, 4) is 11.4 Å². The number of nitrogens with zero attached hydrogens (tertiary/aromatic N) is 3. The van der Waals surface area contributed by atoms with Crippen molar-refractivity contribution in [3.05, 3.63) is 102 Å². The van der Waals surface area contributed by atoms with Crippen LogP contribution in [-0.2, 0) is 4.79 Å². The number of amides is 1. The third-order valence-electron chi connectivity index (χ3n) is 4.64. The molecule has 31 heavy (non-hydrogen) atoms. The number of carbonyl (C=O) groups excluding carboxylic acids is 1. The number of para-hydroxylation sites is 1. The van der Waals surface area contributed by atoms with Gasteiger partial charge in [-0.05, 0) is 35.9 Å². The lowest BCUT2D eigenvalue weighted by Crippen LogP contribution is -2.14. The summed E-state index contributed by atoms with van der Waals surface area (Å²) >= 11 is 0. The van der Waals surface area contributed by atoms with Crippen molar-refractivity contribution in [3.63, 3.8) is 0 Å². The van der Waals surface area contributed by atoms with Crippen LogP contribution in [0.5, 0.6) is 5.75 Å². The van der Waals surface area contributed by atoms with Crippen molar-refractivity contribution in [1.29, 1.82) is 0 Å². The molecule has 4 aromatic rings. The van der Waals surface area contributed by atoms with Gasteiger partial charge in [0.15, 0.2) is 5.82 Å². The molecule has 0 spiro atoms. The third-order valence-corrected chi connectivity index (χ3v) is 4.64. The van der Waals surface area contributed by atoms with Gasteiger partial charge >= 0.3 is 0 Å². The molecule has 0 bridgehead atoms. The Morgan fingerprint density at radius 3 is 2.55 bits per heavy atom. The number of anilines is 1. The Hall–Kier alpha value is -4.26. The van der Waals surface area contributed by atoms with Gasteiger partial charge in [-0.2, -0.15) is 5.10 Å². The predicted molar refractivity (Wildman–Crippen MR) is 117 cm³/mol. The van der Waals surface area contributed by atoms with Gasteiger partial charge in [0, 0.05) is 16.8 Å². The molecular formula is C24H19FN4O2. The first kappa shape index (κ1) is 20.0. The summed E-state index contributed by atoms with van der Waals surface area (Å²) < 4.78 is 21.3. The van der Waals surface area contributed by atoms with E-state index in [-0.39, 0.29) is 11.6 Å². The highest BCUT2D eigenvalue weighted by Crippen LogP contribution is 2.26. The topological polar surface area (TPSA) is 69.0 Å². The number of aromatic nitrogens is 3. The van der Waals surface area contributed by atoms with E-state index in [1.807, 2.05) is 54.6 Å². The van der Waals surface area contributed by atoms with Gasteiger partial charge in [0.25, 0.3) is 5.91 Å². The lowest BCUT2D eigenvalue weighted by Gasteiger charge is -2.12. The fourth-order valence-corrected chi connectivity index (χ4v) is 3.14. The highest BCUT2D eigenvalue weighted by molar-refractivity contribution is 6.29. The summed E-state index contributed by atoms with van der Waals surface area (Å²) in [6.45, 7) is 0. The maximum Gasteiger partial charge on any atom is 0.256 e. The number of methoxy groups -OCH3 is 1. The number of benzene rings is 3. The second kappa shape index (κ2) is 9.04. The van der Waals surface area contributed by atoms with Crippen molar-refractivity contribution in [1.82, 2.24) is 14.8 Å². The van der Waals surface area contributed by atoms with Crippen LogP contribution in [0.3, 0.4) is 0 Å². The van der Waals surface area contributed by atoms with Crippen LogP contribution in [0.1, 0.15) is 11.1 Å². The highest BCUT2D eigenvalue weighted by Gasteiger charge is 2.15. The standard InChI is InChI=1S/C24H19FN4O2/c1-31-23-10-6-5-9-18(23)13-20(17-7-3-2-4-8-17)24(30)28-19-11-12-22(21(25)14-19)29-16-26-15-27-29/h2-16H,1H3,(H,28,30)/b20-13+. The number of hydrogen-bond donors (Lipinski definition) is 1. The van der Waals surface area contributed by atoms with Gasteiger partial charge in [-0.15, -0.1) is 0 Å². The highest BCUT2D eigenvalue weighted by atomic mass is 19.1. The molecule has 0 saturated carbocycles. The molecule has 4 rings (SSSR count). The Bertz CT molecular complexity index is 1220. The average Bonchev–Trinajstić information content (AvgIpc) is 3.33. The Morgan fingerprint density at radius 1 is 1.06 bits per heavy atom. The van der Waals surface area contributed by atoms with Crippen molar-refractivity contribution in [2.75, 3.05) is 12.4 Å². The summed E-state index contributed by atoms with van der Waals surface area (Å²) in [4.78, 5) is 17.0. The molecule has 1 N–H and O–H groups in total. The molecule has 7 heteroatoms. The zero-order valence-corrected chi connectivity index (χ0v) is 16.7. The van der Waals surface area contributed by atoms with Crippen LogP contribution < -0.4 is 10.1 Å². The molecule has 1 aromatic heterocycles. The second-order valence-corrected chi connectivity index (χ2v) is 6.63. The lowest BCUT2D eigenvalue weighted by molar-refractivity contribution is -0.111. The number of hydrogen-bond acceptors (Lipinski definition) is 4. The van der Waals surface area contributed by atoms with Crippen LogP contribution in [0.2, 0.25) is 0 Å². The van der Waals surface area contributed by atoms with Crippen molar-refractivity contribution in [2.45, 2.75) is 0 Å². The summed E-state index contributed by atoms with van der Waals surface area (Å²) in [6.07, 6.45) is 4.48. The molecule has 1 amide bonds. The summed E-state index contributed by atoms with van der Waals surface area (Å²) in [5.74, 6) is -0.254. The number of ether oxygens (including phenoxy) is 1. The van der Waals surface area contributed by atoms with Gasteiger partial charge in [-0.3, -0.25) is 4.79 Å². The molecule has 1 heterocycles. The zero-order valence-electron chi connectivity index (χ0n) is 16.7. The van der Waals surface area contributed by atoms with Gasteiger partial charge in [0.1, 0.15) is 24.1 Å². The second-order valence-electron chi connectivity index (χ2n) is 6.63. The van der Waals surface area contributed by atoms with E-state index >= 15 is 0 Å². The van der Waals surface area contributed by atoms with Crippen LogP contribution in [-0.4, -0.2) is 27.8 Å². The summed E-state index contributed by atoms with van der Waals surface area (Å²) in [6, 6.07) is 21.1. The first-order valence-electron chi connectivity index (χ1n) is 9.52. The van der Waals surface area contributed by atoms with Crippen LogP contribution in [0.4, 0.5) is 10.1 Å². The largest absolute Gasteiger partial charge is 0.496 e. The first-order valence-corrected chi connectivity index (χ1v) is 9.52. The van der Waals surface area contributed by atoms with Crippen LogP contribution in [0.15, 0.2) is 85.5 Å². The minimum atomic E-state index is -0.529. The fourth-order valence-electron chi connectivity index (χ4n) is 3.14. The van der Waals surface area contributed by atoms with Gasteiger partial charge in [-0.1, -0.05) is 48.5 Å². The van der Waals surface area contributed by atoms with Crippen molar-refractivity contribution < 1.29 is 13.9 Å². The maximum absolute atomic E-state index is 14.6. The van der Waals surface area contributed by atoms with E-state index < -0.39 is 5.82 Å². The third kappa shape index (κ3) is 4.51. The molecule has 0 saturated heterocycles. The molecule has 6 nitrogen and oxygen atoms in total. The molecule has 0 fully saturated rings. The number of halogens is 1. The van der Waals surface area contributed by atoms with E-state index in [1.54, 1.807) is 19.3 Å². The Balaban J connectivity index is 1.67. The molecular weight excluding hydrogens is 395 g/mol. The Kier molecular flexibility index (Phi) is 5.84. The summed E-state index contributed by atoms with van der Waals surface area (Å²) in [7, 11) is 1.58. The van der Waals surface area contributed by atoms with Gasteiger partial charge < -0.3 is 10.1 Å². The number of nitrogens with one attached hydrogen (secondary N) is 1. The molecule has 0 aliphatic rings. The van der Waals surface area contributed by atoms with E-state index in [1.165, 1.54) is 29.5 Å². The quantitative estimate of drug-likeness (QED) is 0.370. The first-order chi connectivity index (χ1) is 15.2. The summed E-state index contributed by atoms with van der Waals surface area (Å²) in [5.41, 5.74) is 2.47. The zero-order chi connectivity index (χ0) is 21.6. The predicted octanol–water partition coefficient (Wildman–Crippen LogP) is 4.59. The van der Waals surface area contributed by atoms with E-state index in [0.29, 0.717) is 17.0 Å². The van der Waals surface area contributed by atoms with E-state index in [2.05, 4.69) is 15.4 Å². The molecule has 3 aromatic carbocycles. The number of rotatable bonds is 6. The van der Waals surface area contributed by atoms with Crippen molar-refractivity contribution in [2.24, 2.45) is 0 Å². The molecule has 0 atom stereocenters. The maximum atomic E-state index is 14.6. The molecule has 0 aliphatic carbocycles. The molecule has 0 unspecified atom stereocenters. The lowest BCUT2D eigenvalue weighted by atomic mass is 10.0. The smallest absolute Gasteiger partial charge is 0.256 e. The van der Waals surface area contributed by atoms with E-state index in [0.717, 1.165) is 11.1 Å².